The Labute approximate surface area is 198 Å². The van der Waals surface area contributed by atoms with Crippen molar-refractivity contribution in [3.05, 3.63) is 58.6 Å². The van der Waals surface area contributed by atoms with E-state index in [-0.39, 0.29) is 48.4 Å². The third-order valence-electron chi connectivity index (χ3n) is 6.17. The van der Waals surface area contributed by atoms with Crippen LogP contribution < -0.4 is 4.74 Å². The van der Waals surface area contributed by atoms with E-state index in [0.717, 1.165) is 11.1 Å². The molecule has 176 valence electrons. The van der Waals surface area contributed by atoms with Gasteiger partial charge in [-0.05, 0) is 42.3 Å². The highest BCUT2D eigenvalue weighted by molar-refractivity contribution is 7.89. The van der Waals surface area contributed by atoms with Gasteiger partial charge in [-0.25, -0.2) is 8.42 Å². The first-order chi connectivity index (χ1) is 15.6. The summed E-state index contributed by atoms with van der Waals surface area (Å²) in [4.78, 5) is 29.1. The number of benzene rings is 2. The van der Waals surface area contributed by atoms with Gasteiger partial charge in [0.05, 0.1) is 13.7 Å². The monoisotopic (exact) mass is 491 g/mol. The van der Waals surface area contributed by atoms with E-state index in [1.807, 2.05) is 0 Å². The van der Waals surface area contributed by atoms with Gasteiger partial charge in [-0.15, -0.1) is 0 Å². The topological polar surface area (TPSA) is 87.2 Å². The normalized spacial score (nSPS) is 21.8. The number of piperazine rings is 1. The highest BCUT2D eigenvalue weighted by atomic mass is 35.5. The summed E-state index contributed by atoms with van der Waals surface area (Å²) < 4.78 is 34.2. The molecule has 2 atom stereocenters. The molecule has 2 amide bonds. The third kappa shape index (κ3) is 4.32. The Hall–Kier alpha value is -2.62. The number of methoxy groups -OCH3 is 1. The number of amides is 2. The Morgan fingerprint density at radius 2 is 1.82 bits per heavy atom. The fraction of sp³-hybridized carbons (Fsp3) is 0.391. The van der Waals surface area contributed by atoms with Gasteiger partial charge in [0.1, 0.15) is 22.9 Å². The molecular weight excluding hydrogens is 466 g/mol. The molecule has 0 spiro atoms. The highest BCUT2D eigenvalue weighted by Gasteiger charge is 2.50. The molecular formula is C23H26ClN3O5S. The first kappa shape index (κ1) is 23.5. The van der Waals surface area contributed by atoms with Crippen molar-refractivity contribution in [1.82, 2.24) is 14.1 Å². The standard InChI is InChI=1S/C23H26ClN3O5S/c1-15-4-9-19(32-3)20(12-15)33(30,31)26-11-10-22(28)27-18(23(29)25(2)14-21(26)27)13-16-5-7-17(24)8-6-16/h4-9,12,18,21H,10-11,13-14H2,1-3H3. The minimum atomic E-state index is -4.00. The second-order valence-electron chi connectivity index (χ2n) is 8.37. The molecule has 2 heterocycles. The largest absolute Gasteiger partial charge is 0.495 e. The smallest absolute Gasteiger partial charge is 0.248 e. The van der Waals surface area contributed by atoms with Crippen molar-refractivity contribution in [2.75, 3.05) is 27.2 Å². The van der Waals surface area contributed by atoms with Crippen molar-refractivity contribution >= 4 is 33.4 Å². The number of hydrogen-bond donors (Lipinski definition) is 0. The minimum Gasteiger partial charge on any atom is -0.495 e. The molecule has 2 aliphatic rings. The van der Waals surface area contributed by atoms with Crippen LogP contribution >= 0.6 is 11.6 Å². The van der Waals surface area contributed by atoms with Gasteiger partial charge in [0.25, 0.3) is 0 Å². The fourth-order valence-corrected chi connectivity index (χ4v) is 6.42. The molecule has 33 heavy (non-hydrogen) atoms. The molecule has 0 radical (unpaired) electrons. The molecule has 10 heteroatoms. The van der Waals surface area contributed by atoms with Gasteiger partial charge in [-0.2, -0.15) is 4.31 Å². The quantitative estimate of drug-likeness (QED) is 0.640. The van der Waals surface area contributed by atoms with Crippen molar-refractivity contribution in [3.8, 4) is 5.75 Å². The Morgan fingerprint density at radius 3 is 2.48 bits per heavy atom. The van der Waals surface area contributed by atoms with Gasteiger partial charge >= 0.3 is 0 Å². The number of fused-ring (bicyclic) bond motifs is 1. The van der Waals surface area contributed by atoms with Gasteiger partial charge in [0.2, 0.25) is 21.8 Å². The van der Waals surface area contributed by atoms with Crippen LogP contribution in [-0.4, -0.2) is 73.8 Å². The molecule has 2 unspecified atom stereocenters. The molecule has 2 aromatic rings. The fourth-order valence-electron chi connectivity index (χ4n) is 4.48. The first-order valence-corrected chi connectivity index (χ1v) is 12.4. The number of nitrogens with zero attached hydrogens (tertiary/aromatic N) is 3. The summed E-state index contributed by atoms with van der Waals surface area (Å²) in [6, 6.07) is 11.2. The minimum absolute atomic E-state index is 0.00201. The number of aryl methyl sites for hydroxylation is 1. The summed E-state index contributed by atoms with van der Waals surface area (Å²) in [5.41, 5.74) is 1.61. The summed E-state index contributed by atoms with van der Waals surface area (Å²) in [5, 5.41) is 0.571. The van der Waals surface area contributed by atoms with Crippen LogP contribution in [-0.2, 0) is 26.0 Å². The lowest BCUT2D eigenvalue weighted by Crippen LogP contribution is -2.71. The molecule has 4 rings (SSSR count). The van der Waals surface area contributed by atoms with E-state index >= 15 is 0 Å². The SMILES string of the molecule is COc1ccc(C)cc1S(=O)(=O)N1CCC(=O)N2C(Cc3ccc(Cl)cc3)C(=O)N(C)CC21. The molecule has 2 saturated heterocycles. The molecule has 8 nitrogen and oxygen atoms in total. The van der Waals surface area contributed by atoms with Crippen molar-refractivity contribution in [1.29, 1.82) is 0 Å². The van der Waals surface area contributed by atoms with Crippen molar-refractivity contribution in [2.45, 2.75) is 36.9 Å². The number of rotatable bonds is 5. The second kappa shape index (κ2) is 8.96. The number of hydrogen-bond acceptors (Lipinski definition) is 5. The van der Waals surface area contributed by atoms with E-state index in [1.165, 1.54) is 21.2 Å². The molecule has 0 N–H and O–H groups in total. The van der Waals surface area contributed by atoms with Crippen LogP contribution in [0.25, 0.3) is 0 Å². The van der Waals surface area contributed by atoms with E-state index in [1.54, 1.807) is 56.4 Å². The van der Waals surface area contributed by atoms with Crippen LogP contribution in [0.5, 0.6) is 5.75 Å². The molecule has 2 fully saturated rings. The predicted molar refractivity (Wildman–Crippen MR) is 123 cm³/mol. The number of likely N-dealkylation sites (N-methyl/N-ethyl adjacent to an activating group) is 1. The average Bonchev–Trinajstić information content (AvgIpc) is 2.78. The average molecular weight is 492 g/mol. The van der Waals surface area contributed by atoms with Crippen LogP contribution in [0.4, 0.5) is 0 Å². The molecule has 0 bridgehead atoms. The maximum Gasteiger partial charge on any atom is 0.248 e. The first-order valence-electron chi connectivity index (χ1n) is 10.6. The Morgan fingerprint density at radius 1 is 1.12 bits per heavy atom. The van der Waals surface area contributed by atoms with Gasteiger partial charge in [0.15, 0.2) is 0 Å². The molecule has 0 saturated carbocycles. The van der Waals surface area contributed by atoms with Crippen molar-refractivity contribution < 1.29 is 22.7 Å². The lowest BCUT2D eigenvalue weighted by Gasteiger charge is -2.51. The van der Waals surface area contributed by atoms with Crippen LogP contribution in [0.3, 0.4) is 0 Å². The molecule has 2 aliphatic heterocycles. The van der Waals surface area contributed by atoms with Crippen molar-refractivity contribution in [2.24, 2.45) is 0 Å². The molecule has 0 aliphatic carbocycles. The van der Waals surface area contributed by atoms with Gasteiger partial charge in [-0.1, -0.05) is 29.8 Å². The van der Waals surface area contributed by atoms with Gasteiger partial charge in [0, 0.05) is 31.5 Å². The summed E-state index contributed by atoms with van der Waals surface area (Å²) in [5.74, 6) is -0.216. The maximum absolute atomic E-state index is 13.8. The summed E-state index contributed by atoms with van der Waals surface area (Å²) >= 11 is 5.98. The van der Waals surface area contributed by atoms with E-state index in [9.17, 15) is 18.0 Å². The zero-order chi connectivity index (χ0) is 23.9. The van der Waals surface area contributed by atoms with Gasteiger partial charge in [-0.3, -0.25) is 9.59 Å². The highest BCUT2D eigenvalue weighted by Crippen LogP contribution is 2.34. The lowest BCUT2D eigenvalue weighted by atomic mass is 9.98. The number of carbonyl (C=O) groups excluding carboxylic acids is 2. The van der Waals surface area contributed by atoms with E-state index in [4.69, 9.17) is 16.3 Å². The summed E-state index contributed by atoms with van der Waals surface area (Å²) in [7, 11) is -0.953. The van der Waals surface area contributed by atoms with Crippen LogP contribution in [0.2, 0.25) is 5.02 Å². The Kier molecular flexibility index (Phi) is 6.39. The van der Waals surface area contributed by atoms with Crippen LogP contribution in [0, 0.1) is 6.92 Å². The number of halogens is 1. The Bertz CT molecular complexity index is 1190. The molecule has 0 aromatic heterocycles. The Balaban J connectivity index is 1.73. The van der Waals surface area contributed by atoms with E-state index in [2.05, 4.69) is 0 Å². The molecule has 2 aromatic carbocycles. The number of carbonyl (C=O) groups is 2. The zero-order valence-corrected chi connectivity index (χ0v) is 20.3. The zero-order valence-electron chi connectivity index (χ0n) is 18.7. The third-order valence-corrected chi connectivity index (χ3v) is 8.34. The van der Waals surface area contributed by atoms with Crippen LogP contribution in [0.1, 0.15) is 17.5 Å². The summed E-state index contributed by atoms with van der Waals surface area (Å²) in [6.07, 6.45) is -0.538. The maximum atomic E-state index is 13.8. The predicted octanol–water partition coefficient (Wildman–Crippen LogP) is 2.29. The van der Waals surface area contributed by atoms with E-state index < -0.39 is 22.2 Å². The number of ether oxygens (including phenoxy) is 1. The van der Waals surface area contributed by atoms with E-state index in [0.29, 0.717) is 5.02 Å². The second-order valence-corrected chi connectivity index (χ2v) is 10.7. The lowest BCUT2D eigenvalue weighted by molar-refractivity contribution is -0.163. The van der Waals surface area contributed by atoms with Gasteiger partial charge < -0.3 is 14.5 Å². The summed E-state index contributed by atoms with van der Waals surface area (Å²) in [6.45, 7) is 1.93. The number of sulfonamides is 1. The van der Waals surface area contributed by atoms with Crippen LogP contribution in [0.15, 0.2) is 47.4 Å². The van der Waals surface area contributed by atoms with Crippen molar-refractivity contribution in [3.63, 3.8) is 0 Å².